The predicted octanol–water partition coefficient (Wildman–Crippen LogP) is 5.15. The van der Waals surface area contributed by atoms with Gasteiger partial charge < -0.3 is 15.4 Å². The number of carbonyl (C=O) groups excluding carboxylic acids is 3. The average molecular weight is 449 g/mol. The summed E-state index contributed by atoms with van der Waals surface area (Å²) in [7, 11) is 0. The van der Waals surface area contributed by atoms with Gasteiger partial charge in [0.25, 0.3) is 5.91 Å². The van der Waals surface area contributed by atoms with Crippen molar-refractivity contribution in [3.63, 3.8) is 0 Å². The Morgan fingerprint density at radius 1 is 0.781 bits per heavy atom. The molecular weight excluding hydrogens is 424 g/mol. The summed E-state index contributed by atoms with van der Waals surface area (Å²) in [6.45, 7) is 4.04. The topological polar surface area (TPSA) is 84.5 Å². The van der Waals surface area contributed by atoms with Crippen LogP contribution >= 0.6 is 11.8 Å². The van der Waals surface area contributed by atoms with Crippen molar-refractivity contribution in [3.05, 3.63) is 89.5 Å². The molecule has 0 saturated heterocycles. The molecule has 2 N–H and O–H groups in total. The van der Waals surface area contributed by atoms with E-state index in [1.54, 1.807) is 55.5 Å². The fourth-order valence-electron chi connectivity index (χ4n) is 2.79. The number of carbonyl (C=O) groups is 3. The molecule has 0 unspecified atom stereocenters. The van der Waals surface area contributed by atoms with E-state index in [0.717, 1.165) is 10.5 Å². The number of rotatable bonds is 8. The van der Waals surface area contributed by atoms with E-state index >= 15 is 0 Å². The number of nitrogens with one attached hydrogen (secondary N) is 2. The third-order valence-corrected chi connectivity index (χ3v) is 5.49. The largest absolute Gasteiger partial charge is 0.462 e. The summed E-state index contributed by atoms with van der Waals surface area (Å²) in [4.78, 5) is 37.1. The molecule has 7 heteroatoms. The van der Waals surface area contributed by atoms with Crippen LogP contribution in [-0.2, 0) is 9.53 Å². The third kappa shape index (κ3) is 6.72. The first kappa shape index (κ1) is 23.1. The molecule has 3 aromatic carbocycles. The first-order chi connectivity index (χ1) is 15.4. The predicted molar refractivity (Wildman–Crippen MR) is 127 cm³/mol. The van der Waals surface area contributed by atoms with E-state index in [2.05, 4.69) is 10.6 Å². The highest BCUT2D eigenvalue weighted by Crippen LogP contribution is 2.21. The molecule has 3 aromatic rings. The fourth-order valence-corrected chi connectivity index (χ4v) is 3.49. The molecule has 32 heavy (non-hydrogen) atoms. The summed E-state index contributed by atoms with van der Waals surface area (Å²) in [5.74, 6) is -0.483. The van der Waals surface area contributed by atoms with Crippen molar-refractivity contribution in [3.8, 4) is 0 Å². The Hall–Kier alpha value is -3.58. The Bertz CT molecular complexity index is 1080. The number of thioether (sulfide) groups is 1. The Kier molecular flexibility index (Phi) is 8.05. The zero-order valence-electron chi connectivity index (χ0n) is 17.9. The highest BCUT2D eigenvalue weighted by molar-refractivity contribution is 8.00. The Morgan fingerprint density at radius 3 is 1.97 bits per heavy atom. The lowest BCUT2D eigenvalue weighted by Gasteiger charge is -2.08. The second-order valence-corrected chi connectivity index (χ2v) is 8.03. The molecule has 0 atom stereocenters. The van der Waals surface area contributed by atoms with Crippen LogP contribution in [0, 0.1) is 6.92 Å². The van der Waals surface area contributed by atoms with Crippen molar-refractivity contribution in [1.82, 2.24) is 0 Å². The van der Waals surface area contributed by atoms with E-state index in [9.17, 15) is 14.4 Å². The van der Waals surface area contributed by atoms with Gasteiger partial charge in [-0.3, -0.25) is 9.59 Å². The molecule has 0 heterocycles. The van der Waals surface area contributed by atoms with Gasteiger partial charge in [-0.25, -0.2) is 4.79 Å². The van der Waals surface area contributed by atoms with Crippen molar-refractivity contribution < 1.29 is 19.1 Å². The molecule has 6 nitrogen and oxygen atoms in total. The van der Waals surface area contributed by atoms with Gasteiger partial charge in [0.05, 0.1) is 17.9 Å². The molecule has 0 spiro atoms. The maximum absolute atomic E-state index is 12.3. The number of hydrogen-bond acceptors (Lipinski definition) is 5. The summed E-state index contributed by atoms with van der Waals surface area (Å²) in [5, 5.41) is 5.66. The van der Waals surface area contributed by atoms with Crippen LogP contribution in [0.3, 0.4) is 0 Å². The lowest BCUT2D eigenvalue weighted by molar-refractivity contribution is -0.113. The minimum Gasteiger partial charge on any atom is -0.462 e. The van der Waals surface area contributed by atoms with Gasteiger partial charge >= 0.3 is 5.97 Å². The second-order valence-electron chi connectivity index (χ2n) is 6.98. The number of hydrogen-bond donors (Lipinski definition) is 2. The molecule has 0 fully saturated rings. The first-order valence-corrected chi connectivity index (χ1v) is 11.1. The number of amides is 2. The molecule has 0 aliphatic rings. The summed E-state index contributed by atoms with van der Waals surface area (Å²) in [6.07, 6.45) is 0. The van der Waals surface area contributed by atoms with E-state index in [1.165, 1.54) is 11.8 Å². The SMILES string of the molecule is CCOC(=O)c1ccc(NC(=O)CSc2ccc(NC(=O)c3ccc(C)cc3)cc2)cc1. The fraction of sp³-hybridized carbons (Fsp3) is 0.160. The van der Waals surface area contributed by atoms with Crippen LogP contribution in [-0.4, -0.2) is 30.1 Å². The maximum Gasteiger partial charge on any atom is 0.338 e. The van der Waals surface area contributed by atoms with Gasteiger partial charge in [0.1, 0.15) is 0 Å². The summed E-state index contributed by atoms with van der Waals surface area (Å²) >= 11 is 1.39. The van der Waals surface area contributed by atoms with Crippen molar-refractivity contribution in [2.45, 2.75) is 18.7 Å². The number of esters is 1. The second kappa shape index (κ2) is 11.2. The zero-order chi connectivity index (χ0) is 22.9. The maximum atomic E-state index is 12.3. The quantitative estimate of drug-likeness (QED) is 0.368. The summed E-state index contributed by atoms with van der Waals surface area (Å²) in [6, 6.07) is 21.3. The van der Waals surface area contributed by atoms with Crippen molar-refractivity contribution in [2.24, 2.45) is 0 Å². The first-order valence-electron chi connectivity index (χ1n) is 10.1. The minimum atomic E-state index is -0.389. The molecular formula is C25H24N2O4S. The van der Waals surface area contributed by atoms with Crippen molar-refractivity contribution in [1.29, 1.82) is 0 Å². The van der Waals surface area contributed by atoms with E-state index in [-0.39, 0.29) is 23.5 Å². The van der Waals surface area contributed by atoms with Gasteiger partial charge in [0, 0.05) is 21.8 Å². The van der Waals surface area contributed by atoms with Gasteiger partial charge in [0.2, 0.25) is 5.91 Å². The summed E-state index contributed by atoms with van der Waals surface area (Å²) < 4.78 is 4.94. The van der Waals surface area contributed by atoms with Gasteiger partial charge in [-0.1, -0.05) is 17.7 Å². The molecule has 3 rings (SSSR count). The highest BCUT2D eigenvalue weighted by atomic mass is 32.2. The van der Waals surface area contributed by atoms with Crippen LogP contribution in [0.2, 0.25) is 0 Å². The smallest absolute Gasteiger partial charge is 0.338 e. The lowest BCUT2D eigenvalue weighted by atomic mass is 10.1. The van der Waals surface area contributed by atoms with Gasteiger partial charge in [-0.2, -0.15) is 0 Å². The van der Waals surface area contributed by atoms with E-state index in [4.69, 9.17) is 4.74 Å². The van der Waals surface area contributed by atoms with Crippen LogP contribution in [0.4, 0.5) is 11.4 Å². The van der Waals surface area contributed by atoms with E-state index < -0.39 is 0 Å². The summed E-state index contributed by atoms with van der Waals surface area (Å²) in [5.41, 5.74) is 3.43. The van der Waals surface area contributed by atoms with Crippen LogP contribution in [0.5, 0.6) is 0 Å². The molecule has 0 bridgehead atoms. The lowest BCUT2D eigenvalue weighted by Crippen LogP contribution is -2.14. The third-order valence-electron chi connectivity index (χ3n) is 4.48. The van der Waals surface area contributed by atoms with Crippen LogP contribution < -0.4 is 10.6 Å². The molecule has 0 aromatic heterocycles. The van der Waals surface area contributed by atoms with Crippen molar-refractivity contribution in [2.75, 3.05) is 23.0 Å². The number of benzene rings is 3. The van der Waals surface area contributed by atoms with Gasteiger partial charge in [-0.15, -0.1) is 11.8 Å². The van der Waals surface area contributed by atoms with Gasteiger partial charge in [-0.05, 0) is 74.5 Å². The standard InChI is InChI=1S/C25H24N2O4S/c1-3-31-25(30)19-8-10-20(11-9-19)26-23(28)16-32-22-14-12-21(13-15-22)27-24(29)18-6-4-17(2)5-7-18/h4-15H,3,16H2,1-2H3,(H,26,28)(H,27,29). The van der Waals surface area contributed by atoms with E-state index in [0.29, 0.717) is 29.1 Å². The molecule has 0 saturated carbocycles. The van der Waals surface area contributed by atoms with Crippen LogP contribution in [0.1, 0.15) is 33.2 Å². The molecule has 164 valence electrons. The molecule has 0 aliphatic carbocycles. The van der Waals surface area contributed by atoms with Gasteiger partial charge in [0.15, 0.2) is 0 Å². The number of aryl methyl sites for hydroxylation is 1. The number of ether oxygens (including phenoxy) is 1. The highest BCUT2D eigenvalue weighted by Gasteiger charge is 2.09. The molecule has 2 amide bonds. The molecule has 0 radical (unpaired) electrons. The average Bonchev–Trinajstić information content (AvgIpc) is 2.79. The van der Waals surface area contributed by atoms with Crippen LogP contribution in [0.15, 0.2) is 77.7 Å². The van der Waals surface area contributed by atoms with Crippen LogP contribution in [0.25, 0.3) is 0 Å². The normalized spacial score (nSPS) is 10.3. The number of anilines is 2. The Labute approximate surface area is 191 Å². The Morgan fingerprint density at radius 2 is 1.34 bits per heavy atom. The minimum absolute atomic E-state index is 0.157. The zero-order valence-corrected chi connectivity index (χ0v) is 18.7. The Balaban J connectivity index is 1.47. The van der Waals surface area contributed by atoms with Crippen molar-refractivity contribution >= 4 is 40.9 Å². The molecule has 0 aliphatic heterocycles. The van der Waals surface area contributed by atoms with E-state index in [1.807, 2.05) is 31.2 Å². The monoisotopic (exact) mass is 448 g/mol.